The van der Waals surface area contributed by atoms with E-state index in [0.717, 1.165) is 5.56 Å². The van der Waals surface area contributed by atoms with Crippen LogP contribution >= 0.6 is 0 Å². The number of aliphatic hydroxyl groups excluding tert-OH is 1. The number of ether oxygens (including phenoxy) is 1. The van der Waals surface area contributed by atoms with Gasteiger partial charge in [0, 0.05) is 6.54 Å². The number of hydrogen-bond acceptors (Lipinski definition) is 5. The molecule has 1 aromatic carbocycles. The number of nitrogens with two attached hydrogens (primary N) is 1. The zero-order valence-corrected chi connectivity index (χ0v) is 9.17. The molecule has 0 saturated heterocycles. The summed E-state index contributed by atoms with van der Waals surface area (Å²) < 4.78 is 5.31. The highest BCUT2D eigenvalue weighted by Gasteiger charge is 2.01. The zero-order chi connectivity index (χ0) is 11.8. The fraction of sp³-hybridized carbons (Fsp3) is 0.364. The molecular formula is C11H16N2O3. The Morgan fingerprint density at radius 2 is 2.12 bits per heavy atom. The lowest BCUT2D eigenvalue weighted by Gasteiger charge is -2.09. The molecule has 1 atom stereocenters. The lowest BCUT2D eigenvalue weighted by Crippen LogP contribution is -2.26. The molecule has 0 spiro atoms. The first kappa shape index (κ1) is 12.5. The van der Waals surface area contributed by atoms with Crippen molar-refractivity contribution in [1.29, 1.82) is 0 Å². The smallest absolute Gasteiger partial charge is 0.119 e. The van der Waals surface area contributed by atoms with E-state index in [1.807, 2.05) is 12.1 Å². The van der Waals surface area contributed by atoms with Gasteiger partial charge in [-0.1, -0.05) is 5.16 Å². The third kappa shape index (κ3) is 4.29. The summed E-state index contributed by atoms with van der Waals surface area (Å²) in [5.41, 5.74) is 6.16. The Kier molecular flexibility index (Phi) is 5.31. The number of rotatable bonds is 6. The van der Waals surface area contributed by atoms with Crippen molar-refractivity contribution in [3.05, 3.63) is 29.8 Å². The maximum Gasteiger partial charge on any atom is 0.119 e. The van der Waals surface area contributed by atoms with Crippen molar-refractivity contribution >= 4 is 6.21 Å². The average molecular weight is 224 g/mol. The van der Waals surface area contributed by atoms with Crippen LogP contribution in [0.15, 0.2) is 29.4 Å². The molecular weight excluding hydrogens is 208 g/mol. The van der Waals surface area contributed by atoms with Crippen molar-refractivity contribution in [3.8, 4) is 5.75 Å². The Hall–Kier alpha value is -1.59. The molecule has 5 heteroatoms. The standard InChI is InChI=1S/C11H16N2O3/c1-15-13-7-9-2-4-11(5-3-9)16-8-10(14)6-12/h2-5,7,10,14H,6,8,12H2,1H3/b13-7+. The quantitative estimate of drug-likeness (QED) is 0.540. The minimum absolute atomic E-state index is 0.193. The lowest BCUT2D eigenvalue weighted by atomic mass is 10.2. The molecule has 0 aliphatic carbocycles. The largest absolute Gasteiger partial charge is 0.491 e. The minimum atomic E-state index is -0.630. The van der Waals surface area contributed by atoms with Crippen LogP contribution in [0.3, 0.4) is 0 Å². The number of nitrogens with zero attached hydrogens (tertiary/aromatic N) is 1. The molecule has 0 aromatic heterocycles. The third-order valence-electron chi connectivity index (χ3n) is 1.90. The van der Waals surface area contributed by atoms with Crippen molar-refractivity contribution < 1.29 is 14.7 Å². The maximum atomic E-state index is 9.20. The van der Waals surface area contributed by atoms with Crippen LogP contribution in [-0.2, 0) is 4.84 Å². The Bertz CT molecular complexity index is 325. The summed E-state index contributed by atoms with van der Waals surface area (Å²) in [5, 5.41) is 12.8. The summed E-state index contributed by atoms with van der Waals surface area (Å²) in [6.07, 6.45) is 0.966. The predicted octanol–water partition coefficient (Wildman–Crippen LogP) is 0.365. The number of oxime groups is 1. The highest BCUT2D eigenvalue weighted by atomic mass is 16.6. The first-order chi connectivity index (χ1) is 7.76. The Morgan fingerprint density at radius 1 is 1.44 bits per heavy atom. The van der Waals surface area contributed by atoms with Crippen LogP contribution in [0.5, 0.6) is 5.75 Å². The van der Waals surface area contributed by atoms with Crippen LogP contribution in [0, 0.1) is 0 Å². The molecule has 0 fully saturated rings. The first-order valence-corrected chi connectivity index (χ1v) is 4.93. The molecule has 0 aliphatic rings. The van der Waals surface area contributed by atoms with Crippen molar-refractivity contribution in [1.82, 2.24) is 0 Å². The second kappa shape index (κ2) is 6.81. The van der Waals surface area contributed by atoms with Gasteiger partial charge in [-0.2, -0.15) is 0 Å². The normalized spacial score (nSPS) is 12.7. The van der Waals surface area contributed by atoms with Gasteiger partial charge in [0.25, 0.3) is 0 Å². The van der Waals surface area contributed by atoms with Gasteiger partial charge in [0.05, 0.1) is 6.21 Å². The molecule has 88 valence electrons. The second-order valence-corrected chi connectivity index (χ2v) is 3.19. The highest BCUT2D eigenvalue weighted by molar-refractivity contribution is 5.79. The zero-order valence-electron chi connectivity index (χ0n) is 9.17. The fourth-order valence-corrected chi connectivity index (χ4v) is 1.02. The van der Waals surface area contributed by atoms with Crippen LogP contribution in [0.4, 0.5) is 0 Å². The molecule has 0 radical (unpaired) electrons. The molecule has 0 heterocycles. The molecule has 1 aromatic rings. The number of benzene rings is 1. The van der Waals surface area contributed by atoms with Gasteiger partial charge in [-0.15, -0.1) is 0 Å². The Balaban J connectivity index is 2.48. The Labute approximate surface area is 94.5 Å². The van der Waals surface area contributed by atoms with Crippen LogP contribution < -0.4 is 10.5 Å². The van der Waals surface area contributed by atoms with Gasteiger partial charge >= 0.3 is 0 Å². The van der Waals surface area contributed by atoms with Gasteiger partial charge in [-0.05, 0) is 29.8 Å². The summed E-state index contributed by atoms with van der Waals surface area (Å²) >= 11 is 0. The van der Waals surface area contributed by atoms with Crippen molar-refractivity contribution in [2.45, 2.75) is 6.10 Å². The van der Waals surface area contributed by atoms with Crippen molar-refractivity contribution in [2.75, 3.05) is 20.3 Å². The monoisotopic (exact) mass is 224 g/mol. The first-order valence-electron chi connectivity index (χ1n) is 4.93. The molecule has 0 bridgehead atoms. The van der Waals surface area contributed by atoms with E-state index >= 15 is 0 Å². The van der Waals surface area contributed by atoms with Gasteiger partial charge in [-0.25, -0.2) is 0 Å². The average Bonchev–Trinajstić information content (AvgIpc) is 2.34. The fourth-order valence-electron chi connectivity index (χ4n) is 1.02. The SMILES string of the molecule is CO/N=C/c1ccc(OCC(O)CN)cc1. The van der Waals surface area contributed by atoms with Gasteiger partial charge in [0.2, 0.25) is 0 Å². The predicted molar refractivity (Wildman–Crippen MR) is 61.6 cm³/mol. The number of hydrogen-bond donors (Lipinski definition) is 2. The van der Waals surface area contributed by atoms with Crippen LogP contribution in [0.2, 0.25) is 0 Å². The summed E-state index contributed by atoms with van der Waals surface area (Å²) in [6, 6.07) is 7.26. The van der Waals surface area contributed by atoms with E-state index < -0.39 is 6.10 Å². The minimum Gasteiger partial charge on any atom is -0.491 e. The van der Waals surface area contributed by atoms with E-state index in [4.69, 9.17) is 10.5 Å². The van der Waals surface area contributed by atoms with E-state index in [-0.39, 0.29) is 13.2 Å². The summed E-state index contributed by atoms with van der Waals surface area (Å²) in [6.45, 7) is 0.389. The third-order valence-corrected chi connectivity index (χ3v) is 1.90. The topological polar surface area (TPSA) is 77.1 Å². The van der Waals surface area contributed by atoms with Gasteiger partial charge in [-0.3, -0.25) is 0 Å². The van der Waals surface area contributed by atoms with E-state index in [1.54, 1.807) is 18.3 Å². The van der Waals surface area contributed by atoms with E-state index in [0.29, 0.717) is 5.75 Å². The molecule has 0 amide bonds. The van der Waals surface area contributed by atoms with Gasteiger partial charge in [0.15, 0.2) is 0 Å². The molecule has 0 saturated carbocycles. The van der Waals surface area contributed by atoms with Gasteiger partial charge < -0.3 is 20.4 Å². The summed E-state index contributed by atoms with van der Waals surface area (Å²) in [5.74, 6) is 0.682. The van der Waals surface area contributed by atoms with Crippen LogP contribution in [0.25, 0.3) is 0 Å². The molecule has 16 heavy (non-hydrogen) atoms. The van der Waals surface area contributed by atoms with Gasteiger partial charge in [0.1, 0.15) is 25.6 Å². The maximum absolute atomic E-state index is 9.20. The molecule has 3 N–H and O–H groups in total. The van der Waals surface area contributed by atoms with Crippen molar-refractivity contribution in [2.24, 2.45) is 10.9 Å². The number of aliphatic hydroxyl groups is 1. The molecule has 0 aliphatic heterocycles. The molecule has 1 unspecified atom stereocenters. The van der Waals surface area contributed by atoms with Crippen molar-refractivity contribution in [3.63, 3.8) is 0 Å². The highest BCUT2D eigenvalue weighted by Crippen LogP contribution is 2.11. The van der Waals surface area contributed by atoms with E-state index in [9.17, 15) is 5.11 Å². The molecule has 1 rings (SSSR count). The second-order valence-electron chi connectivity index (χ2n) is 3.19. The van der Waals surface area contributed by atoms with Crippen LogP contribution in [0.1, 0.15) is 5.56 Å². The van der Waals surface area contributed by atoms with E-state index in [1.165, 1.54) is 7.11 Å². The van der Waals surface area contributed by atoms with Crippen LogP contribution in [-0.4, -0.2) is 37.7 Å². The lowest BCUT2D eigenvalue weighted by molar-refractivity contribution is 0.114. The summed E-state index contributed by atoms with van der Waals surface area (Å²) in [4.78, 5) is 4.56. The van der Waals surface area contributed by atoms with E-state index in [2.05, 4.69) is 9.99 Å². The summed E-state index contributed by atoms with van der Waals surface area (Å²) in [7, 11) is 1.49. The Morgan fingerprint density at radius 3 is 2.69 bits per heavy atom. The molecule has 5 nitrogen and oxygen atoms in total.